The Morgan fingerprint density at radius 1 is 1.61 bits per heavy atom. The van der Waals surface area contributed by atoms with Crippen molar-refractivity contribution in [1.82, 2.24) is 24.6 Å². The van der Waals surface area contributed by atoms with Gasteiger partial charge in [-0.25, -0.2) is 14.6 Å². The molecule has 9 heteroatoms. The summed E-state index contributed by atoms with van der Waals surface area (Å²) in [5, 5.41) is 5.32. The van der Waals surface area contributed by atoms with E-state index in [0.717, 1.165) is 15.5 Å². The topological polar surface area (TPSA) is 99.2 Å². The van der Waals surface area contributed by atoms with E-state index in [0.29, 0.717) is 24.6 Å². The zero-order chi connectivity index (χ0) is 16.6. The summed E-state index contributed by atoms with van der Waals surface area (Å²) in [6.45, 7) is 4.58. The lowest BCUT2D eigenvalue weighted by Gasteiger charge is -2.22. The van der Waals surface area contributed by atoms with Gasteiger partial charge in [0.05, 0.1) is 24.1 Å². The molecule has 1 fully saturated rings. The van der Waals surface area contributed by atoms with E-state index in [4.69, 9.17) is 10.5 Å². The van der Waals surface area contributed by atoms with Crippen LogP contribution in [0.2, 0.25) is 0 Å². The quantitative estimate of drug-likeness (QED) is 0.576. The van der Waals surface area contributed by atoms with Crippen LogP contribution in [0.15, 0.2) is 19.0 Å². The molecule has 1 amide bonds. The molecule has 0 bridgehead atoms. The van der Waals surface area contributed by atoms with Gasteiger partial charge >= 0.3 is 0 Å². The van der Waals surface area contributed by atoms with Crippen molar-refractivity contribution in [3.63, 3.8) is 0 Å². The third kappa shape index (κ3) is 2.78. The molecule has 0 aromatic carbocycles. The molecule has 0 saturated carbocycles. The number of aromatic nitrogens is 4. The summed E-state index contributed by atoms with van der Waals surface area (Å²) in [5.74, 6) is 0.311. The third-order valence-electron chi connectivity index (χ3n) is 4.03. The molecule has 1 aliphatic rings. The average Bonchev–Trinajstić information content (AvgIpc) is 3.09. The molecule has 3 rings (SSSR count). The summed E-state index contributed by atoms with van der Waals surface area (Å²) in [6, 6.07) is 0.00552. The number of nitrogens with zero attached hydrogens (tertiary/aromatic N) is 5. The highest BCUT2D eigenvalue weighted by atomic mass is 127. The lowest BCUT2D eigenvalue weighted by Crippen LogP contribution is -2.37. The second-order valence-corrected chi connectivity index (χ2v) is 6.41. The number of carbonyl (C=O) groups excluding carboxylic acids is 1. The van der Waals surface area contributed by atoms with Crippen molar-refractivity contribution in [2.24, 2.45) is 0 Å². The van der Waals surface area contributed by atoms with Gasteiger partial charge in [0.15, 0.2) is 5.65 Å². The van der Waals surface area contributed by atoms with Crippen molar-refractivity contribution < 1.29 is 9.53 Å². The van der Waals surface area contributed by atoms with Gasteiger partial charge in [-0.15, -0.1) is 0 Å². The normalized spacial score (nSPS) is 21.0. The van der Waals surface area contributed by atoms with Gasteiger partial charge in [-0.2, -0.15) is 5.10 Å². The predicted octanol–water partition coefficient (Wildman–Crippen LogP) is 0.987. The van der Waals surface area contributed by atoms with Crippen LogP contribution in [0, 0.1) is 3.70 Å². The van der Waals surface area contributed by atoms with Gasteiger partial charge in [-0.05, 0) is 35.1 Å². The van der Waals surface area contributed by atoms with Crippen LogP contribution in [-0.2, 0) is 9.53 Å². The Hall–Kier alpha value is -1.75. The van der Waals surface area contributed by atoms with Crippen LogP contribution in [-0.4, -0.2) is 56.9 Å². The molecule has 0 radical (unpaired) electrons. The van der Waals surface area contributed by atoms with Gasteiger partial charge in [0.2, 0.25) is 5.91 Å². The van der Waals surface area contributed by atoms with E-state index in [1.54, 1.807) is 12.0 Å². The Kier molecular flexibility index (Phi) is 4.48. The second-order valence-electron chi connectivity index (χ2n) is 5.39. The molecule has 1 aliphatic heterocycles. The highest BCUT2D eigenvalue weighted by molar-refractivity contribution is 14.1. The number of carbonyl (C=O) groups is 1. The van der Waals surface area contributed by atoms with Crippen LogP contribution in [0.5, 0.6) is 0 Å². The van der Waals surface area contributed by atoms with Crippen molar-refractivity contribution in [1.29, 1.82) is 0 Å². The van der Waals surface area contributed by atoms with Crippen molar-refractivity contribution in [3.05, 3.63) is 22.7 Å². The summed E-state index contributed by atoms with van der Waals surface area (Å²) in [5.41, 5.74) is 6.62. The van der Waals surface area contributed by atoms with E-state index in [1.807, 2.05) is 4.68 Å². The minimum atomic E-state index is -0.102. The first-order valence-corrected chi connectivity index (χ1v) is 8.20. The summed E-state index contributed by atoms with van der Waals surface area (Å²) >= 11 is 2.13. The highest BCUT2D eigenvalue weighted by Crippen LogP contribution is 2.32. The first-order chi connectivity index (χ1) is 11.1. The zero-order valence-electron chi connectivity index (χ0n) is 12.6. The predicted molar refractivity (Wildman–Crippen MR) is 93.7 cm³/mol. The smallest absolute Gasteiger partial charge is 0.246 e. The molecule has 2 aromatic heterocycles. The molecular weight excluding hydrogens is 411 g/mol. The Bertz CT molecular complexity index is 761. The van der Waals surface area contributed by atoms with Crippen molar-refractivity contribution in [2.45, 2.75) is 18.5 Å². The number of nitrogen functional groups attached to an aromatic ring is 1. The minimum Gasteiger partial charge on any atom is -0.383 e. The van der Waals surface area contributed by atoms with Gasteiger partial charge < -0.3 is 15.4 Å². The number of nitrogens with two attached hydrogens (primary N) is 1. The summed E-state index contributed by atoms with van der Waals surface area (Å²) in [4.78, 5) is 22.2. The third-order valence-corrected chi connectivity index (χ3v) is 4.79. The van der Waals surface area contributed by atoms with Crippen LogP contribution in [0.4, 0.5) is 5.82 Å². The zero-order valence-corrected chi connectivity index (χ0v) is 14.8. The maximum absolute atomic E-state index is 12.1. The fourth-order valence-electron chi connectivity index (χ4n) is 3.01. The number of amides is 1. The summed E-state index contributed by atoms with van der Waals surface area (Å²) < 4.78 is 7.84. The number of anilines is 1. The van der Waals surface area contributed by atoms with Crippen molar-refractivity contribution >= 4 is 45.3 Å². The summed E-state index contributed by atoms with van der Waals surface area (Å²) in [7, 11) is 1.63. The molecule has 2 aromatic rings. The van der Waals surface area contributed by atoms with E-state index in [9.17, 15) is 4.79 Å². The Labute approximate surface area is 146 Å². The lowest BCUT2D eigenvalue weighted by atomic mass is 10.2. The number of halogens is 1. The molecule has 3 heterocycles. The van der Waals surface area contributed by atoms with Gasteiger partial charge in [-0.3, -0.25) is 4.79 Å². The molecule has 0 aliphatic carbocycles. The van der Waals surface area contributed by atoms with Crippen molar-refractivity contribution in [3.8, 4) is 0 Å². The first kappa shape index (κ1) is 16.1. The SMILES string of the molecule is C=CC(=O)N1CC(n2nc(I)c3c(N)ncnc32)C[C@@H]1COC. The monoisotopic (exact) mass is 428 g/mol. The fourth-order valence-corrected chi connectivity index (χ4v) is 3.76. The van der Waals surface area contributed by atoms with Crippen LogP contribution in [0.1, 0.15) is 12.5 Å². The van der Waals surface area contributed by atoms with E-state index < -0.39 is 0 Å². The maximum atomic E-state index is 12.1. The number of likely N-dealkylation sites (tertiary alicyclic amines) is 1. The largest absolute Gasteiger partial charge is 0.383 e. The van der Waals surface area contributed by atoms with Gasteiger partial charge in [0.1, 0.15) is 15.8 Å². The van der Waals surface area contributed by atoms with Gasteiger partial charge in [0.25, 0.3) is 0 Å². The molecule has 23 heavy (non-hydrogen) atoms. The van der Waals surface area contributed by atoms with Crippen LogP contribution in [0.25, 0.3) is 11.0 Å². The number of methoxy groups -OCH3 is 1. The lowest BCUT2D eigenvalue weighted by molar-refractivity contribution is -0.127. The number of hydrogen-bond donors (Lipinski definition) is 1. The molecule has 2 N–H and O–H groups in total. The number of hydrogen-bond acceptors (Lipinski definition) is 6. The van der Waals surface area contributed by atoms with Crippen LogP contribution < -0.4 is 5.73 Å². The first-order valence-electron chi connectivity index (χ1n) is 7.13. The summed E-state index contributed by atoms with van der Waals surface area (Å²) in [6.07, 6.45) is 3.50. The average molecular weight is 428 g/mol. The molecule has 122 valence electrons. The molecular formula is C14H17IN6O2. The maximum Gasteiger partial charge on any atom is 0.246 e. The van der Waals surface area contributed by atoms with Gasteiger partial charge in [-0.1, -0.05) is 6.58 Å². The van der Waals surface area contributed by atoms with Gasteiger partial charge in [0, 0.05) is 13.7 Å². The molecule has 2 atom stereocenters. The number of rotatable bonds is 4. The van der Waals surface area contributed by atoms with Crippen LogP contribution >= 0.6 is 22.6 Å². The highest BCUT2D eigenvalue weighted by Gasteiger charge is 2.36. The van der Waals surface area contributed by atoms with Crippen LogP contribution in [0.3, 0.4) is 0 Å². The molecule has 1 saturated heterocycles. The number of ether oxygens (including phenoxy) is 1. The molecule has 0 spiro atoms. The Morgan fingerprint density at radius 2 is 2.39 bits per heavy atom. The molecule has 1 unspecified atom stereocenters. The minimum absolute atomic E-state index is 0.00778. The Balaban J connectivity index is 1.98. The van der Waals surface area contributed by atoms with E-state index >= 15 is 0 Å². The van der Waals surface area contributed by atoms with E-state index in [1.165, 1.54) is 12.4 Å². The van der Waals surface area contributed by atoms with E-state index in [2.05, 4.69) is 44.2 Å². The number of fused-ring (bicyclic) bond motifs is 1. The fraction of sp³-hybridized carbons (Fsp3) is 0.429. The Morgan fingerprint density at radius 3 is 3.09 bits per heavy atom. The van der Waals surface area contributed by atoms with Crippen molar-refractivity contribution in [2.75, 3.05) is 26.0 Å². The standard InChI is InChI=1S/C14H17IN6O2/c1-3-10(22)20-5-8(4-9(20)6-23-2)21-14-11(12(15)19-21)13(16)17-7-18-14/h3,7-9H,1,4-6H2,2H3,(H2,16,17,18)/t8?,9-/m1/s1. The molecule has 8 nitrogen and oxygen atoms in total. The second kappa shape index (κ2) is 6.40. The van der Waals surface area contributed by atoms with E-state index in [-0.39, 0.29) is 18.0 Å².